The molecule has 2 aromatic rings. The molecule has 0 saturated heterocycles. The van der Waals surface area contributed by atoms with E-state index in [-0.39, 0.29) is 5.38 Å². The first kappa shape index (κ1) is 13.3. The van der Waals surface area contributed by atoms with Crippen molar-refractivity contribution in [2.24, 2.45) is 11.3 Å². The van der Waals surface area contributed by atoms with Crippen LogP contribution in [0.1, 0.15) is 38.4 Å². The van der Waals surface area contributed by atoms with Crippen molar-refractivity contribution in [2.75, 3.05) is 0 Å². The molecule has 2 nitrogen and oxygen atoms in total. The number of fused-ring (bicyclic) bond motifs is 1. The molecule has 1 aliphatic carbocycles. The van der Waals surface area contributed by atoms with Gasteiger partial charge in [-0.2, -0.15) is 0 Å². The van der Waals surface area contributed by atoms with Crippen molar-refractivity contribution in [1.82, 2.24) is 9.55 Å². The van der Waals surface area contributed by atoms with Crippen LogP contribution >= 0.6 is 23.2 Å². The number of rotatable bonds is 3. The molecule has 3 rings (SSSR count). The molecule has 0 aliphatic heterocycles. The Balaban J connectivity index is 2.09. The van der Waals surface area contributed by atoms with Crippen molar-refractivity contribution in [2.45, 2.75) is 39.1 Å². The summed E-state index contributed by atoms with van der Waals surface area (Å²) in [5, 5.41) is 0.593. The van der Waals surface area contributed by atoms with E-state index >= 15 is 0 Å². The number of hydrogen-bond donors (Lipinski definition) is 0. The normalized spacial score (nSPS) is 22.7. The Hall–Kier alpha value is -0.730. The molecule has 1 aromatic heterocycles. The highest BCUT2D eigenvalue weighted by Crippen LogP contribution is 2.53. The van der Waals surface area contributed by atoms with Crippen LogP contribution in [0.3, 0.4) is 0 Å². The fourth-order valence-electron chi connectivity index (χ4n) is 2.73. The Bertz CT molecular complexity index is 628. The minimum Gasteiger partial charge on any atom is -0.326 e. The summed E-state index contributed by atoms with van der Waals surface area (Å²) in [6.45, 7) is 7.57. The Morgan fingerprint density at radius 1 is 1.47 bits per heavy atom. The molecule has 19 heavy (non-hydrogen) atoms. The van der Waals surface area contributed by atoms with Crippen molar-refractivity contribution in [1.29, 1.82) is 0 Å². The van der Waals surface area contributed by atoms with Gasteiger partial charge in [-0.1, -0.05) is 31.5 Å². The Morgan fingerprint density at radius 3 is 2.74 bits per heavy atom. The number of nitrogens with zero attached hydrogens (tertiary/aromatic N) is 2. The largest absolute Gasteiger partial charge is 0.326 e. The van der Waals surface area contributed by atoms with E-state index in [0.717, 1.165) is 23.4 Å². The van der Waals surface area contributed by atoms with E-state index < -0.39 is 0 Å². The van der Waals surface area contributed by atoms with E-state index in [1.54, 1.807) is 0 Å². The van der Waals surface area contributed by atoms with Crippen LogP contribution in [0.25, 0.3) is 11.0 Å². The molecule has 0 spiro atoms. The molecular weight excluding hydrogens is 279 g/mol. The van der Waals surface area contributed by atoms with E-state index in [1.807, 2.05) is 19.1 Å². The molecule has 1 saturated carbocycles. The van der Waals surface area contributed by atoms with Crippen molar-refractivity contribution in [3.05, 3.63) is 29.0 Å². The molecule has 102 valence electrons. The highest BCUT2D eigenvalue weighted by Gasteiger charge is 2.45. The number of para-hydroxylation sites is 1. The summed E-state index contributed by atoms with van der Waals surface area (Å²) in [5.74, 6) is 1.63. The summed E-state index contributed by atoms with van der Waals surface area (Å²) in [4.78, 5) is 4.64. The second kappa shape index (κ2) is 4.39. The molecule has 1 aliphatic rings. The lowest BCUT2D eigenvalue weighted by Gasteiger charge is -2.11. The van der Waals surface area contributed by atoms with Crippen LogP contribution in [0.5, 0.6) is 0 Å². The Morgan fingerprint density at radius 2 is 2.16 bits per heavy atom. The Labute approximate surface area is 123 Å². The zero-order chi connectivity index (χ0) is 13.8. The van der Waals surface area contributed by atoms with Gasteiger partial charge in [0.1, 0.15) is 11.3 Å². The average Bonchev–Trinajstić information content (AvgIpc) is 2.76. The third-order valence-corrected chi connectivity index (χ3v) is 4.74. The van der Waals surface area contributed by atoms with Gasteiger partial charge in [-0.05, 0) is 36.8 Å². The van der Waals surface area contributed by atoms with Gasteiger partial charge in [0, 0.05) is 6.54 Å². The topological polar surface area (TPSA) is 17.8 Å². The predicted molar refractivity (Wildman–Crippen MR) is 80.9 cm³/mol. The second-order valence-corrected chi connectivity index (χ2v) is 7.26. The molecule has 1 heterocycles. The molecule has 0 amide bonds. The fourth-order valence-corrected chi connectivity index (χ4v) is 3.11. The molecule has 0 radical (unpaired) electrons. The first-order chi connectivity index (χ1) is 8.90. The number of alkyl halides is 1. The zero-order valence-electron chi connectivity index (χ0n) is 11.5. The van der Waals surface area contributed by atoms with Gasteiger partial charge in [-0.3, -0.25) is 0 Å². The van der Waals surface area contributed by atoms with Crippen LogP contribution in [0.4, 0.5) is 0 Å². The maximum absolute atomic E-state index is 6.28. The van der Waals surface area contributed by atoms with E-state index in [4.69, 9.17) is 23.2 Å². The number of benzene rings is 1. The lowest BCUT2D eigenvalue weighted by atomic mass is 10.1. The molecule has 1 aromatic carbocycles. The number of halogens is 2. The Kier molecular flexibility index (Phi) is 3.06. The summed E-state index contributed by atoms with van der Waals surface area (Å²) in [5.41, 5.74) is 2.41. The molecule has 1 fully saturated rings. The predicted octanol–water partition coefficient (Wildman–Crippen LogP) is 5.04. The van der Waals surface area contributed by atoms with Gasteiger partial charge in [0.25, 0.3) is 0 Å². The maximum atomic E-state index is 6.28. The van der Waals surface area contributed by atoms with Crippen LogP contribution in [0.2, 0.25) is 5.02 Å². The van der Waals surface area contributed by atoms with Gasteiger partial charge in [0.2, 0.25) is 0 Å². The van der Waals surface area contributed by atoms with E-state index in [2.05, 4.69) is 29.5 Å². The van der Waals surface area contributed by atoms with Crippen LogP contribution in [0.15, 0.2) is 18.2 Å². The summed E-state index contributed by atoms with van der Waals surface area (Å²) in [6, 6.07) is 5.93. The molecule has 0 bridgehead atoms. The monoisotopic (exact) mass is 296 g/mol. The lowest BCUT2D eigenvalue weighted by molar-refractivity contribution is 0.495. The smallest absolute Gasteiger partial charge is 0.127 e. The van der Waals surface area contributed by atoms with Crippen LogP contribution in [-0.2, 0) is 6.54 Å². The summed E-state index contributed by atoms with van der Waals surface area (Å²) < 4.78 is 2.25. The van der Waals surface area contributed by atoms with Gasteiger partial charge in [-0.15, -0.1) is 11.6 Å². The minimum atomic E-state index is -0.106. The van der Waals surface area contributed by atoms with Crippen molar-refractivity contribution >= 4 is 34.2 Å². The van der Waals surface area contributed by atoms with Gasteiger partial charge in [0.15, 0.2) is 0 Å². The third-order valence-electron chi connectivity index (χ3n) is 4.24. The van der Waals surface area contributed by atoms with Crippen molar-refractivity contribution in [3.63, 3.8) is 0 Å². The highest BCUT2D eigenvalue weighted by molar-refractivity contribution is 6.35. The van der Waals surface area contributed by atoms with Crippen LogP contribution < -0.4 is 0 Å². The zero-order valence-corrected chi connectivity index (χ0v) is 13.0. The molecule has 4 heteroatoms. The number of imidazole rings is 1. The molecule has 0 N–H and O–H groups in total. The quantitative estimate of drug-likeness (QED) is 0.726. The summed E-state index contributed by atoms with van der Waals surface area (Å²) in [7, 11) is 0. The minimum absolute atomic E-state index is 0.106. The summed E-state index contributed by atoms with van der Waals surface area (Å²) in [6.07, 6.45) is 1.27. The third kappa shape index (κ3) is 2.25. The average molecular weight is 297 g/mol. The van der Waals surface area contributed by atoms with Crippen LogP contribution in [-0.4, -0.2) is 9.55 Å². The first-order valence-electron chi connectivity index (χ1n) is 6.69. The van der Waals surface area contributed by atoms with Gasteiger partial charge < -0.3 is 4.57 Å². The van der Waals surface area contributed by atoms with Crippen LogP contribution in [0, 0.1) is 11.3 Å². The fraction of sp³-hybridized carbons (Fsp3) is 0.533. The molecular formula is C15H18Cl2N2. The van der Waals surface area contributed by atoms with Crippen molar-refractivity contribution < 1.29 is 0 Å². The maximum Gasteiger partial charge on any atom is 0.127 e. The summed E-state index contributed by atoms with van der Waals surface area (Å²) >= 11 is 12.5. The molecule has 2 atom stereocenters. The van der Waals surface area contributed by atoms with E-state index in [1.165, 1.54) is 6.42 Å². The standard InChI is InChI=1S/C15H18Cl2N2/c1-9(16)14-18-13-11(17)5-4-6-12(13)19(14)8-10-7-15(10,2)3/h4-6,9-10H,7-8H2,1-3H3. The van der Waals surface area contributed by atoms with Crippen molar-refractivity contribution in [3.8, 4) is 0 Å². The number of hydrogen-bond acceptors (Lipinski definition) is 1. The van der Waals surface area contributed by atoms with Gasteiger partial charge in [-0.25, -0.2) is 4.98 Å². The number of aromatic nitrogens is 2. The lowest BCUT2D eigenvalue weighted by Crippen LogP contribution is -2.08. The first-order valence-corrected chi connectivity index (χ1v) is 7.50. The second-order valence-electron chi connectivity index (χ2n) is 6.19. The SMILES string of the molecule is CC(Cl)c1nc2c(Cl)cccc2n1CC1CC1(C)C. The van der Waals surface area contributed by atoms with E-state index in [9.17, 15) is 0 Å². The molecule has 2 unspecified atom stereocenters. The van der Waals surface area contributed by atoms with Gasteiger partial charge in [0.05, 0.1) is 15.9 Å². The van der Waals surface area contributed by atoms with Gasteiger partial charge >= 0.3 is 0 Å². The highest BCUT2D eigenvalue weighted by atomic mass is 35.5. The van der Waals surface area contributed by atoms with E-state index in [0.29, 0.717) is 16.4 Å².